The minimum atomic E-state index is -4.46. The molecule has 78 valence electrons. The molecule has 0 N–H and O–H groups in total. The summed E-state index contributed by atoms with van der Waals surface area (Å²) in [5.41, 5.74) is -0.879. The maximum absolute atomic E-state index is 12.2. The fourth-order valence-corrected chi connectivity index (χ4v) is 2.17. The first kappa shape index (κ1) is 12.0. The number of halogens is 5. The largest absolute Gasteiger partial charge is 0.416 e. The van der Waals surface area contributed by atoms with Gasteiger partial charge in [0.1, 0.15) is 10.0 Å². The fourth-order valence-electron chi connectivity index (χ4n) is 0.819. The Morgan fingerprint density at radius 2 is 1.86 bits per heavy atom. The molecule has 1 aromatic carbocycles. The summed E-state index contributed by atoms with van der Waals surface area (Å²) in [6.45, 7) is 0. The van der Waals surface area contributed by atoms with E-state index in [1.54, 1.807) is 0 Å². The first-order valence-electron chi connectivity index (χ1n) is 3.26. The number of alkyl halides is 3. The standard InChI is InChI=1S/C7H3BrClF3OS/c8-5-1-4(7(10,11)12)2-6(3-5)14(9)13/h1-3H. The van der Waals surface area contributed by atoms with Gasteiger partial charge in [-0.25, -0.2) is 4.21 Å². The van der Waals surface area contributed by atoms with Gasteiger partial charge in [-0.05, 0) is 28.9 Å². The number of rotatable bonds is 1. The summed E-state index contributed by atoms with van der Waals surface area (Å²) in [6.07, 6.45) is -4.46. The Hall–Kier alpha value is -0.0700. The maximum atomic E-state index is 12.2. The second-order valence-corrected chi connectivity index (χ2v) is 5.07. The van der Waals surface area contributed by atoms with Crippen molar-refractivity contribution in [2.24, 2.45) is 0 Å². The molecule has 0 fully saturated rings. The van der Waals surface area contributed by atoms with E-state index in [1.165, 1.54) is 6.07 Å². The van der Waals surface area contributed by atoms with Crippen LogP contribution in [0.2, 0.25) is 0 Å². The van der Waals surface area contributed by atoms with E-state index >= 15 is 0 Å². The van der Waals surface area contributed by atoms with Crippen LogP contribution in [0.25, 0.3) is 0 Å². The van der Waals surface area contributed by atoms with Gasteiger partial charge in [0.15, 0.2) is 0 Å². The third kappa shape index (κ3) is 2.96. The lowest BCUT2D eigenvalue weighted by atomic mass is 10.2. The van der Waals surface area contributed by atoms with Crippen LogP contribution in [0.4, 0.5) is 13.2 Å². The summed E-state index contributed by atoms with van der Waals surface area (Å²) in [4.78, 5) is -0.0756. The molecule has 7 heteroatoms. The van der Waals surface area contributed by atoms with Crippen LogP contribution >= 0.6 is 26.6 Å². The third-order valence-corrected chi connectivity index (χ3v) is 2.98. The minimum absolute atomic E-state index is 0.0756. The van der Waals surface area contributed by atoms with Crippen molar-refractivity contribution in [3.8, 4) is 0 Å². The molecule has 0 radical (unpaired) electrons. The highest BCUT2D eigenvalue weighted by molar-refractivity contribution is 9.10. The van der Waals surface area contributed by atoms with Crippen molar-refractivity contribution in [2.75, 3.05) is 0 Å². The zero-order valence-corrected chi connectivity index (χ0v) is 9.60. The Balaban J connectivity index is 3.28. The van der Waals surface area contributed by atoms with Crippen molar-refractivity contribution < 1.29 is 17.4 Å². The number of benzene rings is 1. The van der Waals surface area contributed by atoms with Gasteiger partial charge in [-0.2, -0.15) is 13.2 Å². The Kier molecular flexibility index (Phi) is 3.60. The Morgan fingerprint density at radius 1 is 1.29 bits per heavy atom. The van der Waals surface area contributed by atoms with Crippen LogP contribution in [-0.2, 0) is 16.2 Å². The SMILES string of the molecule is O=S(Cl)c1cc(Br)cc(C(F)(F)F)c1. The van der Waals surface area contributed by atoms with E-state index in [-0.39, 0.29) is 9.37 Å². The van der Waals surface area contributed by atoms with Crippen LogP contribution < -0.4 is 0 Å². The van der Waals surface area contributed by atoms with Crippen LogP contribution in [0.3, 0.4) is 0 Å². The van der Waals surface area contributed by atoms with Gasteiger partial charge in [0.2, 0.25) is 0 Å². The van der Waals surface area contributed by atoms with Crippen molar-refractivity contribution in [3.63, 3.8) is 0 Å². The van der Waals surface area contributed by atoms with E-state index in [2.05, 4.69) is 15.9 Å². The molecule has 0 aromatic heterocycles. The second kappa shape index (κ2) is 4.20. The Morgan fingerprint density at radius 3 is 2.29 bits per heavy atom. The molecule has 0 amide bonds. The summed E-state index contributed by atoms with van der Waals surface area (Å²) in [6, 6.07) is 2.93. The molecule has 0 aliphatic carbocycles. The van der Waals surface area contributed by atoms with Crippen molar-refractivity contribution in [3.05, 3.63) is 28.2 Å². The lowest BCUT2D eigenvalue weighted by Gasteiger charge is -2.07. The van der Waals surface area contributed by atoms with E-state index < -0.39 is 21.8 Å². The smallest absolute Gasteiger partial charge is 0.237 e. The molecule has 0 aliphatic heterocycles. The Labute approximate surface area is 93.3 Å². The molecular formula is C7H3BrClF3OS. The average molecular weight is 308 g/mol. The van der Waals surface area contributed by atoms with E-state index in [0.717, 1.165) is 12.1 Å². The van der Waals surface area contributed by atoms with Crippen molar-refractivity contribution in [1.82, 2.24) is 0 Å². The van der Waals surface area contributed by atoms with Crippen molar-refractivity contribution >= 4 is 36.6 Å². The normalized spacial score (nSPS) is 14.1. The zero-order chi connectivity index (χ0) is 10.9. The summed E-state index contributed by atoms with van der Waals surface area (Å²) < 4.78 is 47.7. The quantitative estimate of drug-likeness (QED) is 0.723. The average Bonchev–Trinajstić information content (AvgIpc) is 2.01. The van der Waals surface area contributed by atoms with Crippen LogP contribution in [0.1, 0.15) is 5.56 Å². The van der Waals surface area contributed by atoms with E-state index in [1.807, 2.05) is 0 Å². The molecule has 1 nitrogen and oxygen atoms in total. The molecule has 14 heavy (non-hydrogen) atoms. The summed E-state index contributed by atoms with van der Waals surface area (Å²) in [7, 11) is 3.24. The highest BCUT2D eigenvalue weighted by Crippen LogP contribution is 2.33. The predicted octanol–water partition coefficient (Wildman–Crippen LogP) is 3.73. The molecule has 0 saturated heterocycles. The number of hydrogen-bond acceptors (Lipinski definition) is 1. The maximum Gasteiger partial charge on any atom is 0.416 e. The van der Waals surface area contributed by atoms with Gasteiger partial charge >= 0.3 is 6.18 Å². The van der Waals surface area contributed by atoms with Crippen LogP contribution in [0, 0.1) is 0 Å². The van der Waals surface area contributed by atoms with Gasteiger partial charge in [0, 0.05) is 4.47 Å². The summed E-state index contributed by atoms with van der Waals surface area (Å²) >= 11 is 2.88. The third-order valence-electron chi connectivity index (χ3n) is 1.38. The molecule has 0 aliphatic rings. The van der Waals surface area contributed by atoms with Crippen LogP contribution in [-0.4, -0.2) is 4.21 Å². The van der Waals surface area contributed by atoms with Gasteiger partial charge in [0.05, 0.1) is 10.5 Å². The van der Waals surface area contributed by atoms with E-state index in [4.69, 9.17) is 10.7 Å². The first-order chi connectivity index (χ1) is 6.30. The van der Waals surface area contributed by atoms with Gasteiger partial charge in [0.25, 0.3) is 0 Å². The summed E-state index contributed by atoms with van der Waals surface area (Å²) in [5.74, 6) is 0. The lowest BCUT2D eigenvalue weighted by Crippen LogP contribution is -2.05. The molecule has 1 unspecified atom stereocenters. The molecule has 0 bridgehead atoms. The van der Waals surface area contributed by atoms with E-state index in [0.29, 0.717) is 0 Å². The highest BCUT2D eigenvalue weighted by Gasteiger charge is 2.31. The highest BCUT2D eigenvalue weighted by atomic mass is 79.9. The lowest BCUT2D eigenvalue weighted by molar-refractivity contribution is -0.137. The van der Waals surface area contributed by atoms with Crippen molar-refractivity contribution in [1.29, 1.82) is 0 Å². The van der Waals surface area contributed by atoms with E-state index in [9.17, 15) is 17.4 Å². The van der Waals surface area contributed by atoms with Crippen molar-refractivity contribution in [2.45, 2.75) is 11.1 Å². The van der Waals surface area contributed by atoms with Crippen LogP contribution in [0.15, 0.2) is 27.6 Å². The Bertz CT molecular complexity index is 380. The molecule has 1 aromatic rings. The topological polar surface area (TPSA) is 17.1 Å². The fraction of sp³-hybridized carbons (Fsp3) is 0.143. The van der Waals surface area contributed by atoms with Gasteiger partial charge < -0.3 is 0 Å². The summed E-state index contributed by atoms with van der Waals surface area (Å²) in [5, 5.41) is 0. The molecular weight excluding hydrogens is 304 g/mol. The van der Waals surface area contributed by atoms with Gasteiger partial charge in [-0.15, -0.1) is 0 Å². The molecule has 0 heterocycles. The molecule has 1 atom stereocenters. The molecule has 0 saturated carbocycles. The molecule has 0 spiro atoms. The minimum Gasteiger partial charge on any atom is -0.237 e. The first-order valence-corrected chi connectivity index (χ1v) is 6.03. The van der Waals surface area contributed by atoms with Gasteiger partial charge in [-0.1, -0.05) is 15.9 Å². The zero-order valence-electron chi connectivity index (χ0n) is 6.44. The predicted molar refractivity (Wildman–Crippen MR) is 51.4 cm³/mol. The molecule has 1 rings (SSSR count). The second-order valence-electron chi connectivity index (χ2n) is 2.40. The monoisotopic (exact) mass is 306 g/mol. The van der Waals surface area contributed by atoms with Gasteiger partial charge in [-0.3, -0.25) is 0 Å². The number of hydrogen-bond donors (Lipinski definition) is 0. The van der Waals surface area contributed by atoms with Crippen LogP contribution in [0.5, 0.6) is 0 Å².